The molecule has 0 aliphatic heterocycles. The molecule has 17 nitrogen and oxygen atoms in total. The van der Waals surface area contributed by atoms with Crippen molar-refractivity contribution in [3.63, 3.8) is 0 Å². The van der Waals surface area contributed by atoms with E-state index in [1.807, 2.05) is 85.7 Å². The van der Waals surface area contributed by atoms with E-state index in [4.69, 9.17) is 37.9 Å². The first-order valence-corrected chi connectivity index (χ1v) is 28.6. The van der Waals surface area contributed by atoms with E-state index in [0.29, 0.717) is 38.9 Å². The van der Waals surface area contributed by atoms with Gasteiger partial charge in [0.15, 0.2) is 0 Å². The van der Waals surface area contributed by atoms with E-state index in [9.17, 15) is 34.2 Å². The summed E-state index contributed by atoms with van der Waals surface area (Å²) in [5.41, 5.74) is 21.6. The fourth-order valence-corrected chi connectivity index (χ4v) is 6.38. The van der Waals surface area contributed by atoms with Crippen LogP contribution in [0.15, 0.2) is 176 Å². The molecule has 0 saturated heterocycles. The maximum atomic E-state index is 12.4. The number of phenolic OH excluding ortho intramolecular Hbond substituents is 2. The summed E-state index contributed by atoms with van der Waals surface area (Å²) in [6.07, 6.45) is 33.7. The van der Waals surface area contributed by atoms with Crippen LogP contribution in [0.2, 0.25) is 0 Å². The second kappa shape index (κ2) is 43.5. The van der Waals surface area contributed by atoms with Crippen molar-refractivity contribution < 1.29 is 49.1 Å². The van der Waals surface area contributed by atoms with Gasteiger partial charge in [-0.3, -0.25) is 14.4 Å². The number of Topliss-reactive ketones (excluding diaryl/α,β-unsaturated/α-hetero) is 1. The van der Waals surface area contributed by atoms with Crippen molar-refractivity contribution in [1.82, 2.24) is 16.0 Å². The molecule has 4 aromatic rings. The molecule has 0 radical (unpaired) electrons. The molecule has 17 heteroatoms. The van der Waals surface area contributed by atoms with Crippen LogP contribution in [0.25, 0.3) is 0 Å². The Bertz CT molecular complexity index is 2730. The fraction of sp³-hybridized carbons (Fsp3) is 0.397. The molecule has 0 unspecified atom stereocenters. The van der Waals surface area contributed by atoms with Gasteiger partial charge in [0.05, 0.1) is 11.1 Å². The number of para-hydroxylation sites is 3. The smallest absolute Gasteiger partial charge is 0.407 e. The normalized spacial score (nSPS) is 11.7. The van der Waals surface area contributed by atoms with Gasteiger partial charge < -0.3 is 64.0 Å². The second-order valence-corrected chi connectivity index (χ2v) is 22.3. The van der Waals surface area contributed by atoms with Crippen LogP contribution >= 0.6 is 0 Å². The Morgan fingerprint density at radius 3 is 1.24 bits per heavy atom. The number of aromatic hydroxyl groups is 3. The quantitative estimate of drug-likeness (QED) is 0.0236. The summed E-state index contributed by atoms with van der Waals surface area (Å²) in [7, 11) is 0. The summed E-state index contributed by atoms with van der Waals surface area (Å²) < 4.78 is 5.02. The van der Waals surface area contributed by atoms with Crippen LogP contribution in [0.4, 0.5) is 4.79 Å². The Kier molecular flexibility index (Phi) is 39.4. The van der Waals surface area contributed by atoms with Gasteiger partial charge in [0.1, 0.15) is 35.2 Å². The number of phenols is 3. The molecular weight excluding hydrogens is 1070 g/mol. The molecule has 0 fully saturated rings. The molecule has 4 rings (SSSR count). The Labute approximate surface area is 506 Å². The van der Waals surface area contributed by atoms with E-state index in [1.54, 1.807) is 48.5 Å². The monoisotopic (exact) mass is 1170 g/mol. The van der Waals surface area contributed by atoms with E-state index < -0.39 is 28.7 Å². The average Bonchev–Trinajstić information content (AvgIpc) is 3.65. The number of carbonyl (C=O) groups is 5. The van der Waals surface area contributed by atoms with Gasteiger partial charge in [0.25, 0.3) is 11.8 Å². The Morgan fingerprint density at radius 1 is 0.494 bits per heavy atom. The van der Waals surface area contributed by atoms with Gasteiger partial charge in [-0.1, -0.05) is 147 Å². The lowest BCUT2D eigenvalue weighted by Gasteiger charge is -2.26. The third-order valence-electron chi connectivity index (χ3n) is 11.5. The highest BCUT2D eigenvalue weighted by atomic mass is 16.5. The molecule has 15 N–H and O–H groups in total. The van der Waals surface area contributed by atoms with Crippen molar-refractivity contribution in [3.8, 4) is 17.2 Å². The Hall–Kier alpha value is -8.09. The molecule has 0 atom stereocenters. The zero-order valence-electron chi connectivity index (χ0n) is 51.7. The number of hydrogen-bond acceptors (Lipinski definition) is 13. The van der Waals surface area contributed by atoms with Crippen LogP contribution < -0.4 is 38.9 Å². The number of rotatable bonds is 28. The van der Waals surface area contributed by atoms with Gasteiger partial charge >= 0.3 is 12.1 Å². The van der Waals surface area contributed by atoms with Crippen molar-refractivity contribution in [2.75, 3.05) is 19.6 Å². The number of carboxylic acids is 1. The number of amides is 3. The number of aromatic carboxylic acids is 1. The predicted molar refractivity (Wildman–Crippen MR) is 345 cm³/mol. The zero-order valence-corrected chi connectivity index (χ0v) is 51.7. The Morgan fingerprint density at radius 2 is 0.871 bits per heavy atom. The van der Waals surface area contributed by atoms with Crippen molar-refractivity contribution in [2.45, 2.75) is 155 Å². The summed E-state index contributed by atoms with van der Waals surface area (Å²) in [6.45, 7) is 18.6. The number of nitrogens with one attached hydrogen (secondary N) is 3. The topological polar surface area (TPSA) is 316 Å². The van der Waals surface area contributed by atoms with Crippen LogP contribution in [0, 0.1) is 0 Å². The SMILES string of the molecule is CC(C)(CN)NC(=O)c1ccccc1O.CC(C)(N)CN.CC(C)(N)CNC(=O)OCc1ccccc1.CC/C=C\C/C=C\C/C=C\C/C=C\C/C=C\C/C=C\CCC(=O)CCC(C)(C)NC(=O)c1ccccc1O.O=C(O)c1ccccc1O. The van der Waals surface area contributed by atoms with E-state index >= 15 is 0 Å². The third-order valence-corrected chi connectivity index (χ3v) is 11.5. The molecular formula is C68H99N7O10. The summed E-state index contributed by atoms with van der Waals surface area (Å²) in [5, 5.41) is 44.9. The minimum Gasteiger partial charge on any atom is -0.507 e. The number of ether oxygens (including phenoxy) is 1. The number of hydrogen-bond donors (Lipinski definition) is 11. The molecule has 0 aliphatic rings. The van der Waals surface area contributed by atoms with Gasteiger partial charge in [-0.2, -0.15) is 0 Å². The lowest BCUT2D eigenvalue weighted by Crippen LogP contribution is -2.48. The summed E-state index contributed by atoms with van der Waals surface area (Å²) in [6, 6.07) is 28.2. The van der Waals surface area contributed by atoms with Crippen LogP contribution in [0.1, 0.15) is 163 Å². The maximum Gasteiger partial charge on any atom is 0.407 e. The molecule has 85 heavy (non-hydrogen) atoms. The van der Waals surface area contributed by atoms with Crippen LogP contribution in [-0.2, 0) is 16.1 Å². The largest absolute Gasteiger partial charge is 0.507 e. The molecule has 4 aromatic carbocycles. The fourth-order valence-electron chi connectivity index (χ4n) is 6.38. The number of carboxylic acid groups (broad SMARTS) is 1. The number of alkyl carbamates (subject to hydrolysis) is 1. The lowest BCUT2D eigenvalue weighted by atomic mass is 9.95. The highest BCUT2D eigenvalue weighted by Gasteiger charge is 2.24. The molecule has 0 aromatic heterocycles. The van der Waals surface area contributed by atoms with Crippen LogP contribution in [-0.4, -0.2) is 91.9 Å². The molecule has 0 saturated carbocycles. The average molecular weight is 1170 g/mol. The number of benzene rings is 4. The number of nitrogens with two attached hydrogens (primary N) is 4. The van der Waals surface area contributed by atoms with Gasteiger partial charge in [-0.25, -0.2) is 9.59 Å². The number of allylic oxidation sites excluding steroid dienone is 12. The van der Waals surface area contributed by atoms with Crippen molar-refractivity contribution >= 4 is 29.7 Å². The van der Waals surface area contributed by atoms with E-state index in [2.05, 4.69) is 95.8 Å². The molecule has 3 amide bonds. The maximum absolute atomic E-state index is 12.4. The van der Waals surface area contributed by atoms with E-state index in [-0.39, 0.29) is 63.7 Å². The Balaban J connectivity index is 0.00000122. The van der Waals surface area contributed by atoms with Gasteiger partial charge in [-0.15, -0.1) is 0 Å². The van der Waals surface area contributed by atoms with E-state index in [0.717, 1.165) is 50.5 Å². The minimum absolute atomic E-state index is 0.0252. The first-order valence-electron chi connectivity index (χ1n) is 28.6. The first kappa shape index (κ1) is 76.9. The summed E-state index contributed by atoms with van der Waals surface area (Å²) >= 11 is 0. The van der Waals surface area contributed by atoms with Crippen molar-refractivity contribution in [1.29, 1.82) is 0 Å². The number of ketones is 1. The standard InChI is InChI=1S/C34H47NO3.C12H18N2O2.C11H16N2O2.C7H6O3.C4H12N2/c1-4-5-6-7-8-9-10-11-12-13-14-15-16-17-18-19-20-21-22-25-30(36)28-29-34(2,3)35-33(38)31-26-23-24-27-32(31)37;1-12(2,13)9-14-11(15)16-8-10-6-4-3-5-7-10;1-11(2,7-12)13-10(15)8-5-3-4-6-9(8)14;8-6-4-2-1-3-5(6)7(9)10;1-4(2,6)3-5/h5-6,8-9,11-12,14-15,17-18,20-21,23-24,26-27,37H,4,7,10,13,16,19,22,25,28-29H2,1-3H3,(H,35,38);3-7H,8-9,13H2,1-2H3,(H,14,15);3-6,14H,7,12H2,1-2H3,(H,13,15);1-4,8H,(H,9,10);3,5-6H2,1-2H3/b6-5-,9-8-,12-11-,15-14-,18-17-,21-20-;;;;. The zero-order chi connectivity index (χ0) is 64.2. The lowest BCUT2D eigenvalue weighted by molar-refractivity contribution is -0.119. The van der Waals surface area contributed by atoms with Gasteiger partial charge in [0, 0.05) is 54.6 Å². The highest BCUT2D eigenvalue weighted by Crippen LogP contribution is 2.20. The van der Waals surface area contributed by atoms with Gasteiger partial charge in [-0.05, 0) is 149 Å². The van der Waals surface area contributed by atoms with E-state index in [1.165, 1.54) is 24.3 Å². The van der Waals surface area contributed by atoms with Crippen LogP contribution in [0.5, 0.6) is 17.2 Å². The summed E-state index contributed by atoms with van der Waals surface area (Å²) in [4.78, 5) is 57.9. The third kappa shape index (κ3) is 42.4. The first-order chi connectivity index (χ1) is 40.1. The molecule has 0 spiro atoms. The molecule has 466 valence electrons. The minimum atomic E-state index is -1.11. The van der Waals surface area contributed by atoms with Crippen molar-refractivity contribution in [2.24, 2.45) is 22.9 Å². The highest BCUT2D eigenvalue weighted by molar-refractivity contribution is 5.97. The molecule has 0 aliphatic carbocycles. The molecule has 0 bridgehead atoms. The molecule has 0 heterocycles. The number of carbonyl (C=O) groups excluding carboxylic acids is 4. The second-order valence-electron chi connectivity index (χ2n) is 22.3. The van der Waals surface area contributed by atoms with Gasteiger partial charge in [0.2, 0.25) is 0 Å². The predicted octanol–water partition coefficient (Wildman–Crippen LogP) is 12.0. The van der Waals surface area contributed by atoms with Crippen LogP contribution in [0.3, 0.4) is 0 Å². The van der Waals surface area contributed by atoms with Crippen molar-refractivity contribution in [3.05, 3.63) is 198 Å². The summed E-state index contributed by atoms with van der Waals surface area (Å²) in [5.74, 6) is -1.85.